The summed E-state index contributed by atoms with van der Waals surface area (Å²) in [4.78, 5) is 19.6. The van der Waals surface area contributed by atoms with Gasteiger partial charge in [0, 0.05) is 32.7 Å². The number of fused-ring (bicyclic) bond motifs is 1. The van der Waals surface area contributed by atoms with Crippen molar-refractivity contribution in [3.63, 3.8) is 0 Å². The molecule has 0 N–H and O–H groups in total. The van der Waals surface area contributed by atoms with Crippen molar-refractivity contribution in [3.8, 4) is 0 Å². The van der Waals surface area contributed by atoms with Crippen molar-refractivity contribution < 1.29 is 9.53 Å². The Balaban J connectivity index is 1.46. The van der Waals surface area contributed by atoms with E-state index in [-0.39, 0.29) is 12.1 Å². The number of benzene rings is 2. The third-order valence-corrected chi connectivity index (χ3v) is 5.60. The van der Waals surface area contributed by atoms with E-state index in [9.17, 15) is 4.79 Å². The molecular weight excluding hydrogens is 338 g/mol. The van der Waals surface area contributed by atoms with E-state index in [1.54, 1.807) is 0 Å². The van der Waals surface area contributed by atoms with Gasteiger partial charge in [-0.3, -0.25) is 9.80 Å². The molecule has 0 radical (unpaired) electrons. The molecule has 0 aromatic heterocycles. The molecule has 2 aromatic rings. The number of ether oxygens (including phenoxy) is 1. The van der Waals surface area contributed by atoms with Crippen LogP contribution in [0.1, 0.15) is 22.7 Å². The van der Waals surface area contributed by atoms with E-state index < -0.39 is 0 Å². The molecule has 1 unspecified atom stereocenters. The van der Waals surface area contributed by atoms with Gasteiger partial charge in [-0.2, -0.15) is 0 Å². The van der Waals surface area contributed by atoms with Gasteiger partial charge in [-0.15, -0.1) is 0 Å². The summed E-state index contributed by atoms with van der Waals surface area (Å²) >= 11 is 0. The average molecular weight is 365 g/mol. The Kier molecular flexibility index (Phi) is 5.41. The maximum atomic E-state index is 12.9. The van der Waals surface area contributed by atoms with Gasteiger partial charge >= 0.3 is 6.09 Å². The number of rotatable bonds is 4. The lowest BCUT2D eigenvalue weighted by Gasteiger charge is -2.36. The van der Waals surface area contributed by atoms with Crippen molar-refractivity contribution in [1.82, 2.24) is 14.7 Å². The van der Waals surface area contributed by atoms with Gasteiger partial charge in [-0.25, -0.2) is 4.79 Å². The predicted octanol–water partition coefficient (Wildman–Crippen LogP) is 3.13. The minimum absolute atomic E-state index is 0.0629. The number of carbonyl (C=O) groups is 1. The summed E-state index contributed by atoms with van der Waals surface area (Å²) < 4.78 is 5.64. The van der Waals surface area contributed by atoms with E-state index in [1.165, 1.54) is 11.1 Å². The van der Waals surface area contributed by atoms with Crippen molar-refractivity contribution in [1.29, 1.82) is 0 Å². The summed E-state index contributed by atoms with van der Waals surface area (Å²) in [5, 5.41) is 0. The van der Waals surface area contributed by atoms with Crippen LogP contribution in [0.2, 0.25) is 0 Å². The maximum absolute atomic E-state index is 12.9. The zero-order chi connectivity index (χ0) is 18.6. The van der Waals surface area contributed by atoms with E-state index >= 15 is 0 Å². The number of piperazine rings is 1. The molecule has 1 atom stereocenters. The fourth-order valence-electron chi connectivity index (χ4n) is 3.93. The van der Waals surface area contributed by atoms with E-state index in [1.807, 2.05) is 41.3 Å². The van der Waals surface area contributed by atoms with Crippen molar-refractivity contribution in [2.24, 2.45) is 0 Å². The van der Waals surface area contributed by atoms with Crippen LogP contribution in [0.3, 0.4) is 0 Å². The lowest BCUT2D eigenvalue weighted by atomic mass is 10.0. The Hall–Kier alpha value is -2.37. The summed E-state index contributed by atoms with van der Waals surface area (Å²) in [6.07, 6.45) is -0.228. The van der Waals surface area contributed by atoms with Crippen LogP contribution in [0, 0.1) is 0 Å². The molecule has 2 aliphatic heterocycles. The summed E-state index contributed by atoms with van der Waals surface area (Å²) in [7, 11) is 2.16. The molecule has 4 rings (SSSR count). The highest BCUT2D eigenvalue weighted by atomic mass is 16.6. The van der Waals surface area contributed by atoms with Gasteiger partial charge in [0.05, 0.1) is 12.6 Å². The molecule has 1 saturated heterocycles. The quantitative estimate of drug-likeness (QED) is 0.834. The number of likely N-dealkylation sites (N-methyl/N-ethyl adjacent to an activating group) is 1. The number of nitrogens with zero attached hydrogens (tertiary/aromatic N) is 3. The van der Waals surface area contributed by atoms with E-state index in [2.05, 4.69) is 35.0 Å². The zero-order valence-corrected chi connectivity index (χ0v) is 15.9. The van der Waals surface area contributed by atoms with Gasteiger partial charge in [-0.1, -0.05) is 54.6 Å². The first-order valence-corrected chi connectivity index (χ1v) is 9.67. The molecule has 5 heteroatoms. The molecule has 0 saturated carbocycles. The number of carbonyl (C=O) groups excluding carboxylic acids is 1. The maximum Gasteiger partial charge on any atom is 0.410 e. The molecule has 2 heterocycles. The first-order chi connectivity index (χ1) is 13.2. The SMILES string of the molecule is CN1CCN(CC2c3ccccc3CN2C(=O)OCc2ccccc2)CC1. The third-order valence-electron chi connectivity index (χ3n) is 5.60. The van der Waals surface area contributed by atoms with Crippen molar-refractivity contribution in [3.05, 3.63) is 71.3 Å². The Bertz CT molecular complexity index is 772. The third kappa shape index (κ3) is 4.15. The molecule has 27 heavy (non-hydrogen) atoms. The largest absolute Gasteiger partial charge is 0.445 e. The lowest BCUT2D eigenvalue weighted by Crippen LogP contribution is -2.47. The summed E-state index contributed by atoms with van der Waals surface area (Å²) in [5.74, 6) is 0. The normalized spacial score (nSPS) is 20.5. The second-order valence-electron chi connectivity index (χ2n) is 7.49. The Morgan fingerprint density at radius 3 is 2.48 bits per heavy atom. The summed E-state index contributed by atoms with van der Waals surface area (Å²) in [5.41, 5.74) is 3.50. The zero-order valence-electron chi connectivity index (χ0n) is 15.9. The summed E-state index contributed by atoms with van der Waals surface area (Å²) in [6, 6.07) is 18.3. The predicted molar refractivity (Wildman–Crippen MR) is 105 cm³/mol. The molecule has 0 bridgehead atoms. The van der Waals surface area contributed by atoms with Crippen molar-refractivity contribution >= 4 is 6.09 Å². The highest BCUT2D eigenvalue weighted by molar-refractivity contribution is 5.70. The van der Waals surface area contributed by atoms with Gasteiger partial charge in [0.25, 0.3) is 0 Å². The van der Waals surface area contributed by atoms with Crippen LogP contribution in [0.15, 0.2) is 54.6 Å². The molecule has 0 spiro atoms. The minimum atomic E-state index is -0.228. The fraction of sp³-hybridized carbons (Fsp3) is 0.409. The first kappa shape index (κ1) is 18.0. The molecular formula is C22H27N3O2. The van der Waals surface area contributed by atoms with E-state index in [0.717, 1.165) is 38.3 Å². The van der Waals surface area contributed by atoms with Crippen LogP contribution in [0.4, 0.5) is 4.79 Å². The monoisotopic (exact) mass is 365 g/mol. The summed E-state index contributed by atoms with van der Waals surface area (Å²) in [6.45, 7) is 6.05. The Morgan fingerprint density at radius 2 is 1.70 bits per heavy atom. The standard InChI is InChI=1S/C22H27N3O2/c1-23-11-13-24(14-12-23)16-21-20-10-6-5-9-19(20)15-25(21)22(26)27-17-18-7-3-2-4-8-18/h2-10,21H,11-17H2,1H3. The fourth-order valence-corrected chi connectivity index (χ4v) is 3.93. The van der Waals surface area contributed by atoms with Crippen LogP contribution in [-0.4, -0.2) is 60.6 Å². The molecule has 1 fully saturated rings. The van der Waals surface area contributed by atoms with Gasteiger partial charge in [-0.05, 0) is 23.7 Å². The van der Waals surface area contributed by atoms with Crippen molar-refractivity contribution in [2.45, 2.75) is 19.2 Å². The van der Waals surface area contributed by atoms with Gasteiger partial charge in [0.2, 0.25) is 0 Å². The molecule has 2 aliphatic rings. The second-order valence-corrected chi connectivity index (χ2v) is 7.49. The number of hydrogen-bond acceptors (Lipinski definition) is 4. The molecule has 2 aromatic carbocycles. The van der Waals surface area contributed by atoms with Gasteiger partial charge in [0.1, 0.15) is 6.61 Å². The average Bonchev–Trinajstić information content (AvgIpc) is 3.07. The van der Waals surface area contributed by atoms with Crippen LogP contribution in [0.5, 0.6) is 0 Å². The molecule has 142 valence electrons. The topological polar surface area (TPSA) is 36.0 Å². The van der Waals surface area contributed by atoms with Crippen LogP contribution >= 0.6 is 0 Å². The highest BCUT2D eigenvalue weighted by Crippen LogP contribution is 2.35. The van der Waals surface area contributed by atoms with E-state index in [4.69, 9.17) is 4.74 Å². The first-order valence-electron chi connectivity index (χ1n) is 9.67. The lowest BCUT2D eigenvalue weighted by molar-refractivity contribution is 0.0660. The van der Waals surface area contributed by atoms with E-state index in [0.29, 0.717) is 13.2 Å². The van der Waals surface area contributed by atoms with Crippen LogP contribution in [0.25, 0.3) is 0 Å². The van der Waals surface area contributed by atoms with Crippen molar-refractivity contribution in [2.75, 3.05) is 39.8 Å². The highest BCUT2D eigenvalue weighted by Gasteiger charge is 2.35. The molecule has 1 amide bonds. The Labute approximate surface area is 161 Å². The smallest absolute Gasteiger partial charge is 0.410 e. The van der Waals surface area contributed by atoms with Crippen LogP contribution in [-0.2, 0) is 17.9 Å². The molecule has 0 aliphatic carbocycles. The Morgan fingerprint density at radius 1 is 1.00 bits per heavy atom. The van der Waals surface area contributed by atoms with Gasteiger partial charge in [0.15, 0.2) is 0 Å². The number of amides is 1. The number of hydrogen-bond donors (Lipinski definition) is 0. The van der Waals surface area contributed by atoms with Crippen LogP contribution < -0.4 is 0 Å². The van der Waals surface area contributed by atoms with Gasteiger partial charge < -0.3 is 9.64 Å². The molecule has 5 nitrogen and oxygen atoms in total. The minimum Gasteiger partial charge on any atom is -0.445 e. The second kappa shape index (κ2) is 8.11.